The van der Waals surface area contributed by atoms with E-state index in [2.05, 4.69) is 23.7 Å². The smallest absolute Gasteiger partial charge is 0.118 e. The van der Waals surface area contributed by atoms with E-state index in [1.165, 1.54) is 24.0 Å². The van der Waals surface area contributed by atoms with Crippen molar-refractivity contribution in [2.45, 2.75) is 32.6 Å². The van der Waals surface area contributed by atoms with Gasteiger partial charge in [0.25, 0.3) is 0 Å². The monoisotopic (exact) mass is 250 g/mol. The van der Waals surface area contributed by atoms with Crippen molar-refractivity contribution in [3.05, 3.63) is 41.0 Å². The molecule has 0 atom stereocenters. The third-order valence-corrected chi connectivity index (χ3v) is 3.03. The van der Waals surface area contributed by atoms with Gasteiger partial charge in [-0.2, -0.15) is 0 Å². The largest absolute Gasteiger partial charge is 0.497 e. The van der Waals surface area contributed by atoms with Gasteiger partial charge in [0.1, 0.15) is 5.75 Å². The number of hydrogen-bond acceptors (Lipinski definition) is 1. The van der Waals surface area contributed by atoms with Gasteiger partial charge in [-0.1, -0.05) is 23.3 Å². The van der Waals surface area contributed by atoms with Crippen molar-refractivity contribution in [3.8, 4) is 29.4 Å². The van der Waals surface area contributed by atoms with Crippen molar-refractivity contribution in [2.75, 3.05) is 7.11 Å². The molecule has 0 aliphatic heterocycles. The highest BCUT2D eigenvalue weighted by atomic mass is 16.5. The second-order valence-electron chi connectivity index (χ2n) is 4.49. The summed E-state index contributed by atoms with van der Waals surface area (Å²) in [6.45, 7) is 1.89. The van der Waals surface area contributed by atoms with Gasteiger partial charge in [0.15, 0.2) is 0 Å². The molecular weight excluding hydrogens is 232 g/mol. The van der Waals surface area contributed by atoms with Gasteiger partial charge in [0.2, 0.25) is 0 Å². The van der Waals surface area contributed by atoms with Crippen molar-refractivity contribution < 1.29 is 4.74 Å². The predicted molar refractivity (Wildman–Crippen MR) is 78.8 cm³/mol. The molecule has 0 saturated heterocycles. The lowest BCUT2D eigenvalue weighted by Crippen LogP contribution is -1.82. The summed E-state index contributed by atoms with van der Waals surface area (Å²) < 4.78 is 5.12. The molecule has 1 aromatic carbocycles. The Morgan fingerprint density at radius 2 is 1.95 bits per heavy atom. The van der Waals surface area contributed by atoms with E-state index in [0.717, 1.165) is 24.2 Å². The molecule has 2 rings (SSSR count). The molecule has 1 heteroatoms. The topological polar surface area (TPSA) is 9.23 Å². The van der Waals surface area contributed by atoms with E-state index in [0.29, 0.717) is 0 Å². The van der Waals surface area contributed by atoms with Crippen molar-refractivity contribution in [3.63, 3.8) is 0 Å². The zero-order valence-corrected chi connectivity index (χ0v) is 11.5. The van der Waals surface area contributed by atoms with Crippen molar-refractivity contribution >= 4 is 0 Å². The highest BCUT2D eigenvalue weighted by Crippen LogP contribution is 2.33. The van der Waals surface area contributed by atoms with E-state index in [1.54, 1.807) is 7.11 Å². The molecule has 1 aliphatic rings. The Morgan fingerprint density at radius 1 is 1.21 bits per heavy atom. The van der Waals surface area contributed by atoms with E-state index in [1.807, 2.05) is 31.2 Å². The molecule has 0 aromatic heterocycles. The molecule has 0 spiro atoms. The summed E-state index contributed by atoms with van der Waals surface area (Å²) in [6, 6.07) is 7.84. The lowest BCUT2D eigenvalue weighted by Gasteiger charge is -1.97. The van der Waals surface area contributed by atoms with E-state index in [-0.39, 0.29) is 0 Å². The molecule has 0 N–H and O–H groups in total. The predicted octanol–water partition coefficient (Wildman–Crippen LogP) is 3.94. The molecule has 0 radical (unpaired) electrons. The van der Waals surface area contributed by atoms with E-state index in [4.69, 9.17) is 4.74 Å². The number of benzene rings is 1. The summed E-state index contributed by atoms with van der Waals surface area (Å²) in [7, 11) is 1.67. The number of rotatable bonds is 3. The summed E-state index contributed by atoms with van der Waals surface area (Å²) >= 11 is 0. The van der Waals surface area contributed by atoms with Crippen LogP contribution in [0.2, 0.25) is 0 Å². The van der Waals surface area contributed by atoms with Crippen LogP contribution >= 0.6 is 0 Å². The molecule has 0 amide bonds. The number of methoxy groups -OCH3 is 1. The molecule has 19 heavy (non-hydrogen) atoms. The summed E-state index contributed by atoms with van der Waals surface area (Å²) in [5.41, 5.74) is 3.87. The van der Waals surface area contributed by atoms with Crippen LogP contribution in [0, 0.1) is 23.7 Å². The van der Waals surface area contributed by atoms with Gasteiger partial charge in [0.05, 0.1) is 7.11 Å². The maximum Gasteiger partial charge on any atom is 0.118 e. The molecule has 0 heterocycles. The van der Waals surface area contributed by atoms with Gasteiger partial charge in [-0.3, -0.25) is 0 Å². The highest BCUT2D eigenvalue weighted by molar-refractivity contribution is 5.41. The number of hydrogen-bond donors (Lipinski definition) is 0. The van der Waals surface area contributed by atoms with Gasteiger partial charge >= 0.3 is 0 Å². The van der Waals surface area contributed by atoms with Crippen LogP contribution < -0.4 is 4.74 Å². The second kappa shape index (κ2) is 6.72. The summed E-state index contributed by atoms with van der Waals surface area (Å²) in [5, 5.41) is 0. The third-order valence-electron chi connectivity index (χ3n) is 3.03. The summed E-state index contributed by atoms with van der Waals surface area (Å²) in [6.07, 6.45) is 4.32. The first-order valence-corrected chi connectivity index (χ1v) is 6.60. The van der Waals surface area contributed by atoms with Crippen LogP contribution in [0.1, 0.15) is 38.2 Å². The standard InChI is InChI=1S/C18H18O/c1-3-6-16(17-11-12-17)8-5-4-7-15-9-13-18(19-2)14-10-15/h9-10,13-14H,5,8,11-12H2,1-2H3. The normalized spacial score (nSPS) is 11.8. The van der Waals surface area contributed by atoms with Gasteiger partial charge in [-0.15, -0.1) is 5.92 Å². The van der Waals surface area contributed by atoms with Crippen LogP contribution in [0.3, 0.4) is 0 Å². The average Bonchev–Trinajstić information content (AvgIpc) is 3.27. The average molecular weight is 250 g/mol. The van der Waals surface area contributed by atoms with Crippen molar-refractivity contribution in [2.24, 2.45) is 0 Å². The molecule has 1 saturated carbocycles. The minimum Gasteiger partial charge on any atom is -0.497 e. The van der Waals surface area contributed by atoms with E-state index >= 15 is 0 Å². The maximum absolute atomic E-state index is 5.12. The third kappa shape index (κ3) is 4.23. The van der Waals surface area contributed by atoms with Crippen LogP contribution in [0.15, 0.2) is 35.4 Å². The van der Waals surface area contributed by atoms with Crippen LogP contribution in [0.5, 0.6) is 5.75 Å². The number of allylic oxidation sites excluding steroid dienone is 2. The minimum absolute atomic E-state index is 0.865. The second-order valence-corrected chi connectivity index (χ2v) is 4.49. The molecule has 1 aromatic rings. The first-order chi connectivity index (χ1) is 9.33. The molecule has 96 valence electrons. The molecular formula is C18H18O. The number of ether oxygens (including phenoxy) is 1. The highest BCUT2D eigenvalue weighted by Gasteiger charge is 2.15. The fourth-order valence-corrected chi connectivity index (χ4v) is 1.87. The Bertz CT molecular complexity index is 577. The molecule has 1 nitrogen and oxygen atoms in total. The zero-order valence-electron chi connectivity index (χ0n) is 11.5. The van der Waals surface area contributed by atoms with Crippen molar-refractivity contribution in [1.82, 2.24) is 0 Å². The Balaban J connectivity index is 1.89. The van der Waals surface area contributed by atoms with Gasteiger partial charge in [-0.05, 0) is 50.5 Å². The first kappa shape index (κ1) is 13.3. The van der Waals surface area contributed by atoms with Crippen LogP contribution in [0.4, 0.5) is 0 Å². The SMILES string of the molecule is CC#CC(CCC#Cc1ccc(OC)cc1)=C1CC1. The van der Waals surface area contributed by atoms with Gasteiger partial charge < -0.3 is 4.74 Å². The Morgan fingerprint density at radius 3 is 2.53 bits per heavy atom. The summed E-state index contributed by atoms with van der Waals surface area (Å²) in [4.78, 5) is 0. The van der Waals surface area contributed by atoms with Crippen molar-refractivity contribution in [1.29, 1.82) is 0 Å². The van der Waals surface area contributed by atoms with E-state index < -0.39 is 0 Å². The Hall–Kier alpha value is -2.12. The van der Waals surface area contributed by atoms with Crippen LogP contribution in [-0.2, 0) is 0 Å². The lowest BCUT2D eigenvalue weighted by molar-refractivity contribution is 0.415. The molecule has 0 bridgehead atoms. The fraction of sp³-hybridized carbons (Fsp3) is 0.333. The Kier molecular flexibility index (Phi) is 4.71. The zero-order chi connectivity index (χ0) is 13.5. The van der Waals surface area contributed by atoms with Gasteiger partial charge in [-0.25, -0.2) is 0 Å². The van der Waals surface area contributed by atoms with Gasteiger partial charge in [0, 0.05) is 17.6 Å². The summed E-state index contributed by atoms with van der Waals surface area (Å²) in [5.74, 6) is 13.5. The lowest BCUT2D eigenvalue weighted by atomic mass is 10.1. The molecule has 1 aliphatic carbocycles. The molecule has 0 unspecified atom stereocenters. The van der Waals surface area contributed by atoms with Crippen LogP contribution in [0.25, 0.3) is 0 Å². The Labute approximate surface area is 115 Å². The van der Waals surface area contributed by atoms with Crippen LogP contribution in [-0.4, -0.2) is 7.11 Å². The molecule has 1 fully saturated rings. The quantitative estimate of drug-likeness (QED) is 0.738. The fourth-order valence-electron chi connectivity index (χ4n) is 1.87. The van der Waals surface area contributed by atoms with E-state index in [9.17, 15) is 0 Å². The first-order valence-electron chi connectivity index (χ1n) is 6.60. The minimum atomic E-state index is 0.865. The maximum atomic E-state index is 5.12.